The molecule has 4 heteroatoms. The highest BCUT2D eigenvalue weighted by Crippen LogP contribution is 2.28. The van der Waals surface area contributed by atoms with E-state index in [1.54, 1.807) is 7.11 Å². The van der Waals surface area contributed by atoms with Gasteiger partial charge in [0.05, 0.1) is 6.10 Å². The first-order valence-corrected chi connectivity index (χ1v) is 6.26. The molecule has 1 aliphatic rings. The fourth-order valence-electron chi connectivity index (χ4n) is 2.15. The normalized spacial score (nSPS) is 22.2. The van der Waals surface area contributed by atoms with Gasteiger partial charge in [-0.15, -0.1) is 0 Å². The largest absolute Gasteiger partial charge is 0.382 e. The quantitative estimate of drug-likeness (QED) is 0.861. The Labute approximate surface area is 108 Å². The summed E-state index contributed by atoms with van der Waals surface area (Å²) in [4.78, 5) is 11.1. The average molecular weight is 248 g/mol. The number of ether oxygens (including phenoxy) is 1. The number of amides is 1. The van der Waals surface area contributed by atoms with Gasteiger partial charge in [0.15, 0.2) is 0 Å². The molecule has 0 radical (unpaired) electrons. The van der Waals surface area contributed by atoms with E-state index >= 15 is 0 Å². The molecule has 1 aromatic rings. The lowest BCUT2D eigenvalue weighted by Crippen LogP contribution is -2.40. The highest BCUT2D eigenvalue weighted by Gasteiger charge is 2.28. The molecule has 1 saturated carbocycles. The van der Waals surface area contributed by atoms with Gasteiger partial charge in [0.25, 0.3) is 0 Å². The molecule has 98 valence electrons. The first kappa shape index (κ1) is 12.9. The lowest BCUT2D eigenvalue weighted by molar-refractivity contribution is -0.114. The Morgan fingerprint density at radius 2 is 2.11 bits per heavy atom. The highest BCUT2D eigenvalue weighted by atomic mass is 16.5. The van der Waals surface area contributed by atoms with Crippen LogP contribution in [0.1, 0.15) is 25.3 Å². The second kappa shape index (κ2) is 5.40. The second-order valence-corrected chi connectivity index (χ2v) is 4.88. The van der Waals surface area contributed by atoms with E-state index in [2.05, 4.69) is 10.6 Å². The van der Waals surface area contributed by atoms with Gasteiger partial charge in [-0.25, -0.2) is 0 Å². The van der Waals surface area contributed by atoms with Crippen LogP contribution in [0, 0.1) is 6.92 Å². The molecule has 0 saturated heterocycles. The molecule has 0 bridgehead atoms. The number of benzene rings is 1. The first-order valence-electron chi connectivity index (χ1n) is 6.26. The fraction of sp³-hybridized carbons (Fsp3) is 0.500. The van der Waals surface area contributed by atoms with E-state index in [4.69, 9.17) is 4.74 Å². The van der Waals surface area contributed by atoms with E-state index in [9.17, 15) is 4.79 Å². The van der Waals surface area contributed by atoms with Crippen molar-refractivity contribution in [2.24, 2.45) is 0 Å². The monoisotopic (exact) mass is 248 g/mol. The van der Waals surface area contributed by atoms with Crippen LogP contribution in [-0.2, 0) is 9.53 Å². The van der Waals surface area contributed by atoms with Crippen molar-refractivity contribution in [1.82, 2.24) is 0 Å². The Bertz CT molecular complexity index is 439. The van der Waals surface area contributed by atoms with Crippen molar-refractivity contribution in [2.75, 3.05) is 17.7 Å². The number of rotatable bonds is 4. The van der Waals surface area contributed by atoms with Gasteiger partial charge in [0.2, 0.25) is 5.91 Å². The summed E-state index contributed by atoms with van der Waals surface area (Å²) in [6.45, 7) is 3.51. The molecule has 0 heterocycles. The van der Waals surface area contributed by atoms with Crippen LogP contribution in [0.3, 0.4) is 0 Å². The molecule has 1 amide bonds. The van der Waals surface area contributed by atoms with Crippen molar-refractivity contribution < 1.29 is 9.53 Å². The molecule has 0 aliphatic heterocycles. The number of hydrogen-bond acceptors (Lipinski definition) is 3. The van der Waals surface area contributed by atoms with Crippen molar-refractivity contribution >= 4 is 17.3 Å². The molecule has 1 aromatic carbocycles. The van der Waals surface area contributed by atoms with E-state index in [0.29, 0.717) is 12.1 Å². The summed E-state index contributed by atoms with van der Waals surface area (Å²) in [6.07, 6.45) is 2.47. The molecule has 0 atom stereocenters. The predicted molar refractivity (Wildman–Crippen MR) is 72.9 cm³/mol. The topological polar surface area (TPSA) is 50.4 Å². The Kier molecular flexibility index (Phi) is 3.87. The minimum atomic E-state index is -0.0432. The molecule has 0 aromatic heterocycles. The smallest absolute Gasteiger partial charge is 0.221 e. The van der Waals surface area contributed by atoms with Crippen LogP contribution in [0.25, 0.3) is 0 Å². The average Bonchev–Trinajstić information content (AvgIpc) is 2.26. The third-order valence-corrected chi connectivity index (χ3v) is 3.35. The van der Waals surface area contributed by atoms with Crippen LogP contribution < -0.4 is 10.6 Å². The molecule has 0 unspecified atom stereocenters. The molecular weight excluding hydrogens is 228 g/mol. The van der Waals surface area contributed by atoms with Crippen LogP contribution in [0.4, 0.5) is 11.4 Å². The van der Waals surface area contributed by atoms with Crippen molar-refractivity contribution in [3.63, 3.8) is 0 Å². The van der Waals surface area contributed by atoms with Gasteiger partial charge in [-0.3, -0.25) is 4.79 Å². The molecule has 0 spiro atoms. The standard InChI is InChI=1S/C14H20N2O2/c1-9-4-5-11(8-14(9)15-10(2)17)16-12-6-13(7-12)18-3/h4-5,8,12-13,16H,6-7H2,1-3H3,(H,15,17). The third-order valence-electron chi connectivity index (χ3n) is 3.35. The Balaban J connectivity index is 1.99. The van der Waals surface area contributed by atoms with Gasteiger partial charge in [-0.2, -0.15) is 0 Å². The zero-order valence-corrected chi connectivity index (χ0v) is 11.1. The molecule has 2 rings (SSSR count). The van der Waals surface area contributed by atoms with E-state index in [1.165, 1.54) is 6.92 Å². The lowest BCUT2D eigenvalue weighted by Gasteiger charge is -2.35. The summed E-state index contributed by atoms with van der Waals surface area (Å²) < 4.78 is 5.25. The summed E-state index contributed by atoms with van der Waals surface area (Å²) in [5, 5.41) is 6.29. The molecule has 4 nitrogen and oxygen atoms in total. The summed E-state index contributed by atoms with van der Waals surface area (Å²) in [5.74, 6) is -0.0432. The van der Waals surface area contributed by atoms with E-state index in [1.807, 2.05) is 25.1 Å². The highest BCUT2D eigenvalue weighted by molar-refractivity contribution is 5.90. The Morgan fingerprint density at radius 3 is 2.72 bits per heavy atom. The minimum absolute atomic E-state index is 0.0432. The molecule has 2 N–H and O–H groups in total. The van der Waals surface area contributed by atoms with Crippen LogP contribution in [0.15, 0.2) is 18.2 Å². The number of carbonyl (C=O) groups excluding carboxylic acids is 1. The van der Waals surface area contributed by atoms with Crippen LogP contribution in [-0.4, -0.2) is 25.2 Å². The van der Waals surface area contributed by atoms with Crippen molar-refractivity contribution in [3.8, 4) is 0 Å². The van der Waals surface area contributed by atoms with Crippen molar-refractivity contribution in [1.29, 1.82) is 0 Å². The Hall–Kier alpha value is -1.55. The zero-order chi connectivity index (χ0) is 13.1. The number of methoxy groups -OCH3 is 1. The number of aryl methyl sites for hydroxylation is 1. The maximum Gasteiger partial charge on any atom is 0.221 e. The van der Waals surface area contributed by atoms with E-state index in [0.717, 1.165) is 29.8 Å². The predicted octanol–water partition coefficient (Wildman–Crippen LogP) is 2.54. The van der Waals surface area contributed by atoms with Crippen molar-refractivity contribution in [3.05, 3.63) is 23.8 Å². The third kappa shape index (κ3) is 3.01. The zero-order valence-electron chi connectivity index (χ0n) is 11.1. The minimum Gasteiger partial charge on any atom is -0.382 e. The van der Waals surface area contributed by atoms with Gasteiger partial charge < -0.3 is 15.4 Å². The van der Waals surface area contributed by atoms with Crippen LogP contribution in [0.5, 0.6) is 0 Å². The molecule has 18 heavy (non-hydrogen) atoms. The SMILES string of the molecule is COC1CC(Nc2ccc(C)c(NC(C)=O)c2)C1. The van der Waals surface area contributed by atoms with Gasteiger partial charge in [0.1, 0.15) is 0 Å². The van der Waals surface area contributed by atoms with Crippen LogP contribution >= 0.6 is 0 Å². The van der Waals surface area contributed by atoms with Gasteiger partial charge >= 0.3 is 0 Å². The first-order chi connectivity index (χ1) is 8.58. The molecule has 1 fully saturated rings. The van der Waals surface area contributed by atoms with Crippen LogP contribution in [0.2, 0.25) is 0 Å². The van der Waals surface area contributed by atoms with E-state index in [-0.39, 0.29) is 5.91 Å². The maximum absolute atomic E-state index is 11.1. The summed E-state index contributed by atoms with van der Waals surface area (Å²) in [6, 6.07) is 6.51. The Morgan fingerprint density at radius 1 is 1.39 bits per heavy atom. The lowest BCUT2D eigenvalue weighted by atomic mass is 9.89. The number of anilines is 2. The van der Waals surface area contributed by atoms with Crippen molar-refractivity contribution in [2.45, 2.75) is 38.8 Å². The van der Waals surface area contributed by atoms with E-state index < -0.39 is 0 Å². The summed E-state index contributed by atoms with van der Waals surface area (Å²) in [7, 11) is 1.75. The summed E-state index contributed by atoms with van der Waals surface area (Å²) >= 11 is 0. The van der Waals surface area contributed by atoms with Gasteiger partial charge in [0, 0.05) is 31.5 Å². The number of hydrogen-bond donors (Lipinski definition) is 2. The van der Waals surface area contributed by atoms with Gasteiger partial charge in [-0.1, -0.05) is 6.07 Å². The number of carbonyl (C=O) groups is 1. The fourth-order valence-corrected chi connectivity index (χ4v) is 2.15. The number of nitrogens with one attached hydrogen (secondary N) is 2. The molecular formula is C14H20N2O2. The molecule has 1 aliphatic carbocycles. The maximum atomic E-state index is 11.1. The summed E-state index contributed by atoms with van der Waals surface area (Å²) in [5.41, 5.74) is 2.98. The second-order valence-electron chi connectivity index (χ2n) is 4.88. The van der Waals surface area contributed by atoms with Gasteiger partial charge in [-0.05, 0) is 37.5 Å².